The number of benzene rings is 2. The molecule has 0 unspecified atom stereocenters. The minimum atomic E-state index is -0.501. The number of aromatic nitrogens is 1. The zero-order chi connectivity index (χ0) is 21.7. The molecule has 1 aromatic heterocycles. The van der Waals surface area contributed by atoms with Crippen molar-refractivity contribution in [2.45, 2.75) is 33.4 Å². The highest BCUT2D eigenvalue weighted by atomic mass is 32.1. The van der Waals surface area contributed by atoms with Gasteiger partial charge in [0.25, 0.3) is 5.91 Å². The van der Waals surface area contributed by atoms with E-state index in [0.29, 0.717) is 10.7 Å². The van der Waals surface area contributed by atoms with Gasteiger partial charge in [-0.3, -0.25) is 4.79 Å². The summed E-state index contributed by atoms with van der Waals surface area (Å²) < 4.78 is 13.8. The second-order valence-electron chi connectivity index (χ2n) is 7.08. The van der Waals surface area contributed by atoms with Crippen LogP contribution >= 0.6 is 11.3 Å². The lowest BCUT2D eigenvalue weighted by Gasteiger charge is -2.26. The predicted octanol–water partition coefficient (Wildman–Crippen LogP) is 5.29. The SMILES string of the molecule is Cc1ccc(NC(=O)c2csc(CN(C(=O)Nc3ccccc3F)C(C)C)n2)cc1. The Kier molecular flexibility index (Phi) is 6.79. The van der Waals surface area contributed by atoms with E-state index in [4.69, 9.17) is 0 Å². The fraction of sp³-hybridized carbons (Fsp3) is 0.227. The molecule has 2 N–H and O–H groups in total. The molecule has 0 bridgehead atoms. The van der Waals surface area contributed by atoms with Crippen LogP contribution in [0.4, 0.5) is 20.6 Å². The summed E-state index contributed by atoms with van der Waals surface area (Å²) >= 11 is 1.30. The van der Waals surface area contributed by atoms with Gasteiger partial charge in [0, 0.05) is 17.1 Å². The van der Waals surface area contributed by atoms with Crippen LogP contribution in [0.25, 0.3) is 0 Å². The molecule has 3 amide bonds. The second-order valence-corrected chi connectivity index (χ2v) is 8.02. The van der Waals surface area contributed by atoms with Crippen molar-refractivity contribution in [3.8, 4) is 0 Å². The number of urea groups is 1. The van der Waals surface area contributed by atoms with E-state index >= 15 is 0 Å². The molecule has 2 aromatic carbocycles. The number of carbonyl (C=O) groups excluding carboxylic acids is 2. The van der Waals surface area contributed by atoms with Gasteiger partial charge in [-0.1, -0.05) is 29.8 Å². The lowest BCUT2D eigenvalue weighted by molar-refractivity contribution is 0.102. The molecule has 3 aromatic rings. The summed E-state index contributed by atoms with van der Waals surface area (Å²) in [6, 6.07) is 12.9. The molecule has 3 rings (SSSR count). The highest BCUT2D eigenvalue weighted by molar-refractivity contribution is 7.09. The third kappa shape index (κ3) is 5.42. The van der Waals surface area contributed by atoms with Crippen molar-refractivity contribution in [2.24, 2.45) is 0 Å². The first-order valence-corrected chi connectivity index (χ1v) is 10.4. The van der Waals surface area contributed by atoms with Crippen LogP contribution in [0.3, 0.4) is 0 Å². The van der Waals surface area contributed by atoms with Crippen LogP contribution in [0.1, 0.15) is 34.9 Å². The summed E-state index contributed by atoms with van der Waals surface area (Å²) in [5.74, 6) is -0.813. The molecule has 0 atom stereocenters. The largest absolute Gasteiger partial charge is 0.322 e. The number of nitrogens with one attached hydrogen (secondary N) is 2. The number of halogens is 1. The highest BCUT2D eigenvalue weighted by Gasteiger charge is 2.21. The molecular weight excluding hydrogens is 403 g/mol. The van der Waals surface area contributed by atoms with Crippen LogP contribution < -0.4 is 10.6 Å². The summed E-state index contributed by atoms with van der Waals surface area (Å²) in [6.45, 7) is 5.90. The molecule has 8 heteroatoms. The minimum Gasteiger partial charge on any atom is -0.321 e. The Morgan fingerprint density at radius 3 is 2.47 bits per heavy atom. The van der Waals surface area contributed by atoms with Crippen molar-refractivity contribution in [1.82, 2.24) is 9.88 Å². The van der Waals surface area contributed by atoms with Gasteiger partial charge in [0.2, 0.25) is 0 Å². The number of thiazole rings is 1. The van der Waals surface area contributed by atoms with Crippen LogP contribution in [0.15, 0.2) is 53.9 Å². The second kappa shape index (κ2) is 9.49. The van der Waals surface area contributed by atoms with E-state index in [-0.39, 0.29) is 29.9 Å². The lowest BCUT2D eigenvalue weighted by Crippen LogP contribution is -2.39. The lowest BCUT2D eigenvalue weighted by atomic mass is 10.2. The maximum Gasteiger partial charge on any atom is 0.322 e. The topological polar surface area (TPSA) is 74.3 Å². The Balaban J connectivity index is 1.67. The van der Waals surface area contributed by atoms with Gasteiger partial charge in [0.15, 0.2) is 0 Å². The summed E-state index contributed by atoms with van der Waals surface area (Å²) in [7, 11) is 0. The first kappa shape index (κ1) is 21.4. The van der Waals surface area contributed by atoms with E-state index in [0.717, 1.165) is 5.56 Å². The monoisotopic (exact) mass is 426 g/mol. The van der Waals surface area contributed by atoms with Crippen molar-refractivity contribution in [1.29, 1.82) is 0 Å². The average Bonchev–Trinajstić information content (AvgIpc) is 3.18. The van der Waals surface area contributed by atoms with Gasteiger partial charge < -0.3 is 15.5 Å². The number of rotatable bonds is 6. The number of hydrogen-bond acceptors (Lipinski definition) is 4. The third-order valence-corrected chi connectivity index (χ3v) is 5.23. The normalized spacial score (nSPS) is 10.7. The molecule has 156 valence electrons. The molecule has 0 saturated carbocycles. The summed E-state index contributed by atoms with van der Waals surface area (Å²) in [5.41, 5.74) is 2.19. The quantitative estimate of drug-likeness (QED) is 0.563. The van der Waals surface area contributed by atoms with E-state index < -0.39 is 11.8 Å². The molecule has 0 radical (unpaired) electrons. The number of hydrogen-bond donors (Lipinski definition) is 2. The van der Waals surface area contributed by atoms with Crippen molar-refractivity contribution in [3.05, 3.63) is 76.0 Å². The number of carbonyl (C=O) groups is 2. The van der Waals surface area contributed by atoms with Crippen molar-refractivity contribution < 1.29 is 14.0 Å². The molecule has 0 fully saturated rings. The van der Waals surface area contributed by atoms with Crippen molar-refractivity contribution in [3.63, 3.8) is 0 Å². The number of nitrogens with zero attached hydrogens (tertiary/aromatic N) is 2. The molecule has 0 spiro atoms. The van der Waals surface area contributed by atoms with Gasteiger partial charge in [-0.25, -0.2) is 14.2 Å². The molecule has 30 heavy (non-hydrogen) atoms. The Morgan fingerprint density at radius 1 is 1.10 bits per heavy atom. The maximum absolute atomic E-state index is 13.8. The summed E-state index contributed by atoms with van der Waals surface area (Å²) in [4.78, 5) is 31.0. The minimum absolute atomic E-state index is 0.116. The van der Waals surface area contributed by atoms with E-state index in [2.05, 4.69) is 15.6 Å². The van der Waals surface area contributed by atoms with Gasteiger partial charge in [-0.2, -0.15) is 0 Å². The fourth-order valence-corrected chi connectivity index (χ4v) is 3.48. The van der Waals surface area contributed by atoms with E-state index in [1.807, 2.05) is 45.0 Å². The molecule has 0 aliphatic carbocycles. The van der Waals surface area contributed by atoms with E-state index in [1.165, 1.54) is 28.4 Å². The molecule has 6 nitrogen and oxygen atoms in total. The Morgan fingerprint density at radius 2 is 1.80 bits per heavy atom. The number of para-hydroxylation sites is 1. The molecule has 0 aliphatic rings. The van der Waals surface area contributed by atoms with Crippen molar-refractivity contribution >= 4 is 34.6 Å². The van der Waals surface area contributed by atoms with Crippen LogP contribution in [0, 0.1) is 12.7 Å². The third-order valence-electron chi connectivity index (χ3n) is 4.40. The average molecular weight is 427 g/mol. The standard InChI is InChI=1S/C22H23FN4O2S/c1-14(2)27(22(29)26-18-7-5-4-6-17(18)23)12-20-25-19(13-30-20)21(28)24-16-10-8-15(3)9-11-16/h4-11,13-14H,12H2,1-3H3,(H,24,28)(H,26,29). The number of anilines is 2. The van der Waals surface area contributed by atoms with Gasteiger partial charge in [0.05, 0.1) is 12.2 Å². The molecular formula is C22H23FN4O2S. The van der Waals surface area contributed by atoms with Gasteiger partial charge >= 0.3 is 6.03 Å². The van der Waals surface area contributed by atoms with E-state index in [9.17, 15) is 14.0 Å². The zero-order valence-electron chi connectivity index (χ0n) is 17.0. The highest BCUT2D eigenvalue weighted by Crippen LogP contribution is 2.19. The Labute approximate surface area is 178 Å². The molecule has 0 saturated heterocycles. The van der Waals surface area contributed by atoms with Gasteiger partial charge in [-0.15, -0.1) is 11.3 Å². The fourth-order valence-electron chi connectivity index (χ4n) is 2.70. The molecule has 0 aliphatic heterocycles. The van der Waals surface area contributed by atoms with Crippen LogP contribution in [-0.2, 0) is 6.54 Å². The smallest absolute Gasteiger partial charge is 0.321 e. The predicted molar refractivity (Wildman–Crippen MR) is 117 cm³/mol. The molecule has 1 heterocycles. The zero-order valence-corrected chi connectivity index (χ0v) is 17.8. The number of aryl methyl sites for hydroxylation is 1. The summed E-state index contributed by atoms with van der Waals surface area (Å²) in [5, 5.41) is 7.67. The summed E-state index contributed by atoms with van der Waals surface area (Å²) in [6.07, 6.45) is 0. The van der Waals surface area contributed by atoms with Gasteiger partial charge in [-0.05, 0) is 45.0 Å². The van der Waals surface area contributed by atoms with Crippen LogP contribution in [0.2, 0.25) is 0 Å². The van der Waals surface area contributed by atoms with Gasteiger partial charge in [0.1, 0.15) is 16.5 Å². The van der Waals surface area contributed by atoms with Crippen molar-refractivity contribution in [2.75, 3.05) is 10.6 Å². The first-order chi connectivity index (χ1) is 14.3. The first-order valence-electron chi connectivity index (χ1n) is 9.48. The van der Waals surface area contributed by atoms with Crippen LogP contribution in [0.5, 0.6) is 0 Å². The van der Waals surface area contributed by atoms with E-state index in [1.54, 1.807) is 17.5 Å². The number of amides is 3. The Bertz CT molecular complexity index is 1030. The van der Waals surface area contributed by atoms with Crippen LogP contribution in [-0.4, -0.2) is 27.9 Å². The maximum atomic E-state index is 13.8. The Hall–Kier alpha value is -3.26.